The van der Waals surface area contributed by atoms with E-state index in [1.165, 1.54) is 9.96 Å². The number of unbranched alkanes of at least 4 members (excludes halogenated alkanes) is 4. The van der Waals surface area contributed by atoms with Gasteiger partial charge >= 0.3 is 11.9 Å². The highest BCUT2D eigenvalue weighted by Gasteiger charge is 2.77. The van der Waals surface area contributed by atoms with E-state index in [9.17, 15) is 39.9 Å². The fraction of sp³-hybridized carbons (Fsp3) is 0.673. The molecule has 2 bridgehead atoms. The van der Waals surface area contributed by atoms with Crippen LogP contribution in [-0.2, 0) is 65.4 Å². The van der Waals surface area contributed by atoms with E-state index < -0.39 is 127 Å². The Bertz CT molecular complexity index is 2200. The number of fused-ring (bicyclic) bond motifs is 4. The van der Waals surface area contributed by atoms with Crippen LogP contribution >= 0.6 is 0 Å². The van der Waals surface area contributed by atoms with Crippen LogP contribution in [0.25, 0.3) is 6.08 Å². The monoisotopic (exact) mass is 1040 g/mol. The molecule has 5 aliphatic rings. The molecule has 19 heteroatoms. The summed E-state index contributed by atoms with van der Waals surface area (Å²) in [5.41, 5.74) is -0.0455. The summed E-state index contributed by atoms with van der Waals surface area (Å²) in [6.07, 6.45) is 0.0418. The van der Waals surface area contributed by atoms with Crippen LogP contribution in [0.2, 0.25) is 0 Å². The molecule has 4 saturated heterocycles. The number of carbonyl (C=O) groups is 4. The average Bonchev–Trinajstić information content (AvgIpc) is 3.93. The fourth-order valence-corrected chi connectivity index (χ4v) is 11.0. The molecule has 0 aromatic heterocycles. The number of nitrogens with one attached hydrogen (secondary N) is 1. The van der Waals surface area contributed by atoms with Gasteiger partial charge in [-0.2, -0.15) is 5.06 Å². The number of aliphatic hydroxyl groups is 5. The number of hydroxylamine groups is 2. The van der Waals surface area contributed by atoms with E-state index in [2.05, 4.69) is 19.2 Å². The van der Waals surface area contributed by atoms with Crippen LogP contribution in [0.4, 0.5) is 0 Å². The maximum absolute atomic E-state index is 15.9. The second-order valence-electron chi connectivity index (χ2n) is 21.5. The van der Waals surface area contributed by atoms with E-state index in [1.54, 1.807) is 40.0 Å². The number of ether oxygens (including phenoxy) is 6. The first-order valence-electron chi connectivity index (χ1n) is 26.5. The zero-order valence-corrected chi connectivity index (χ0v) is 43.7. The lowest BCUT2D eigenvalue weighted by molar-refractivity contribution is -0.298. The van der Waals surface area contributed by atoms with Gasteiger partial charge in [0.05, 0.1) is 32.4 Å². The summed E-state index contributed by atoms with van der Waals surface area (Å²) >= 11 is 0. The Labute approximate surface area is 434 Å². The highest BCUT2D eigenvalue weighted by atomic mass is 16.8. The second-order valence-corrected chi connectivity index (χ2v) is 21.5. The average molecular weight is 1040 g/mol. The molecule has 13 unspecified atom stereocenters. The molecule has 2 aromatic rings. The fourth-order valence-electron chi connectivity index (χ4n) is 11.0. The van der Waals surface area contributed by atoms with E-state index in [-0.39, 0.29) is 38.8 Å². The van der Waals surface area contributed by atoms with Crippen LogP contribution in [0.1, 0.15) is 122 Å². The van der Waals surface area contributed by atoms with Crippen molar-refractivity contribution in [2.24, 2.45) is 5.41 Å². The number of esters is 2. The Balaban J connectivity index is 1.17. The summed E-state index contributed by atoms with van der Waals surface area (Å²) in [5, 5.41) is 54.9. The molecule has 2 amide bonds. The third-order valence-corrected chi connectivity index (χ3v) is 14.9. The number of aliphatic hydroxyl groups excluding tert-OH is 5. The van der Waals surface area contributed by atoms with Crippen LogP contribution in [0.15, 0.2) is 60.7 Å². The van der Waals surface area contributed by atoms with Crippen LogP contribution in [0, 0.1) is 5.41 Å². The van der Waals surface area contributed by atoms with Crippen LogP contribution in [-0.4, -0.2) is 171 Å². The molecule has 6 N–H and O–H groups in total. The number of hydrogen-bond acceptors (Lipinski definition) is 17. The SMILES string of the molecule is CCCCCC1(CCCCC)OC2C3CC4(C(=O)N(C)C(Cc5ccccc5)C(=O)NC(CO)CCC(=O)OC(C)(C)C)C(ON(Cc5ccc(C=CCOC6OC(CO)C(O)C(O)C6O)cc5)C4C(=O)O3)C2O1. The number of rotatable bonds is 25. The Hall–Kier alpha value is -4.38. The van der Waals surface area contributed by atoms with Gasteiger partial charge in [-0.15, -0.1) is 0 Å². The second kappa shape index (κ2) is 25.2. The van der Waals surface area contributed by atoms with Gasteiger partial charge in [-0.1, -0.05) is 106 Å². The van der Waals surface area contributed by atoms with Crippen molar-refractivity contribution in [3.8, 4) is 0 Å². The summed E-state index contributed by atoms with van der Waals surface area (Å²) in [7, 11) is 1.55. The molecule has 74 heavy (non-hydrogen) atoms. The zero-order chi connectivity index (χ0) is 53.4. The summed E-state index contributed by atoms with van der Waals surface area (Å²) in [6, 6.07) is 13.4. The number of benzene rings is 2. The summed E-state index contributed by atoms with van der Waals surface area (Å²) in [5.74, 6) is -3.20. The molecule has 13 atom stereocenters. The van der Waals surface area contributed by atoms with Gasteiger partial charge in [0.25, 0.3) is 0 Å². The standard InChI is InChI=1S/C55H79N3O16/c1-7-9-14-26-54(27-15-10-8-2)72-45-39-30-55(52(67)57(6)38(29-35-17-12-11-13-18-35)49(65)56-37(32-59)24-25-41(61)71-53(3,4)5)47(50(66)69-39)58(74-48(55)46(45)73-54)31-36-22-20-34(21-23-36)19-16-28-68-51-44(64)43(63)42(62)40(33-60)70-51/h11-13,16-23,37-40,42-48,51,59-60,62-64H,7-10,14-15,24-33H2,1-6H3,(H,56,65). The molecule has 4 heterocycles. The smallest absolute Gasteiger partial charge is 0.327 e. The quantitative estimate of drug-likeness (QED) is 0.0614. The van der Waals surface area contributed by atoms with Crippen molar-refractivity contribution in [3.05, 3.63) is 77.4 Å². The molecule has 19 nitrogen and oxygen atoms in total. The summed E-state index contributed by atoms with van der Waals surface area (Å²) in [6.45, 7) is 8.53. The van der Waals surface area contributed by atoms with Gasteiger partial charge in [0.1, 0.15) is 65.9 Å². The number of hydrogen-bond donors (Lipinski definition) is 6. The Morgan fingerprint density at radius 2 is 1.58 bits per heavy atom. The Morgan fingerprint density at radius 3 is 2.22 bits per heavy atom. The molecular formula is C55H79N3O16. The predicted molar refractivity (Wildman–Crippen MR) is 268 cm³/mol. The van der Waals surface area contributed by atoms with Gasteiger partial charge in [-0.05, 0) is 56.7 Å². The molecule has 2 aromatic carbocycles. The number of amides is 2. The van der Waals surface area contributed by atoms with E-state index in [0.29, 0.717) is 12.8 Å². The minimum absolute atomic E-state index is 0.0286. The summed E-state index contributed by atoms with van der Waals surface area (Å²) in [4.78, 5) is 66.3. The van der Waals surface area contributed by atoms with Crippen LogP contribution < -0.4 is 5.32 Å². The molecule has 7 rings (SSSR count). The lowest BCUT2D eigenvalue weighted by atomic mass is 9.62. The number of likely N-dealkylation sites (N-methyl/N-ethyl adjacent to an activating group) is 1. The molecular weight excluding hydrogens is 959 g/mol. The molecule has 4 aliphatic heterocycles. The van der Waals surface area contributed by atoms with Crippen molar-refractivity contribution < 1.29 is 78.0 Å². The molecule has 1 saturated carbocycles. The van der Waals surface area contributed by atoms with Gasteiger partial charge in [-0.3, -0.25) is 24.0 Å². The lowest BCUT2D eigenvalue weighted by Gasteiger charge is -2.50. The first-order valence-corrected chi connectivity index (χ1v) is 26.5. The molecule has 0 spiro atoms. The highest BCUT2D eigenvalue weighted by Crippen LogP contribution is 2.58. The largest absolute Gasteiger partial charge is 0.460 e. The zero-order valence-electron chi connectivity index (χ0n) is 43.7. The van der Waals surface area contributed by atoms with Gasteiger partial charge in [0, 0.05) is 39.2 Å². The van der Waals surface area contributed by atoms with Gasteiger partial charge in [-0.25, -0.2) is 0 Å². The first-order chi connectivity index (χ1) is 35.4. The maximum atomic E-state index is 15.9. The normalized spacial score (nSPS) is 30.1. The third kappa shape index (κ3) is 13.1. The minimum atomic E-state index is -1.60. The predicted octanol–water partition coefficient (Wildman–Crippen LogP) is 3.63. The van der Waals surface area contributed by atoms with Crippen LogP contribution in [0.3, 0.4) is 0 Å². The Morgan fingerprint density at radius 1 is 0.905 bits per heavy atom. The Kier molecular flexibility index (Phi) is 19.5. The van der Waals surface area contributed by atoms with E-state index in [4.69, 9.17) is 33.3 Å². The van der Waals surface area contributed by atoms with Crippen molar-refractivity contribution in [1.82, 2.24) is 15.3 Å². The topological polar surface area (TPSA) is 253 Å². The van der Waals surface area contributed by atoms with E-state index in [1.807, 2.05) is 54.6 Å². The molecule has 1 aliphatic carbocycles. The van der Waals surface area contributed by atoms with Gasteiger partial charge < -0.3 is 64.2 Å². The molecule has 0 radical (unpaired) electrons. The number of nitrogens with zero attached hydrogens (tertiary/aromatic N) is 2. The molecule has 5 fully saturated rings. The highest BCUT2D eigenvalue weighted by molar-refractivity contribution is 5.96. The van der Waals surface area contributed by atoms with Crippen LogP contribution in [0.5, 0.6) is 0 Å². The maximum Gasteiger partial charge on any atom is 0.327 e. The minimum Gasteiger partial charge on any atom is -0.460 e. The lowest BCUT2D eigenvalue weighted by Crippen LogP contribution is -2.70. The van der Waals surface area contributed by atoms with Crippen molar-refractivity contribution >= 4 is 29.8 Å². The van der Waals surface area contributed by atoms with Crippen molar-refractivity contribution in [2.45, 2.75) is 203 Å². The summed E-state index contributed by atoms with van der Waals surface area (Å²) < 4.78 is 36.9. The van der Waals surface area contributed by atoms with E-state index in [0.717, 1.165) is 55.2 Å². The van der Waals surface area contributed by atoms with Crippen molar-refractivity contribution in [1.29, 1.82) is 0 Å². The molecule has 410 valence electrons. The van der Waals surface area contributed by atoms with Gasteiger partial charge in [0.2, 0.25) is 11.8 Å². The number of carbonyl (C=O) groups excluding carboxylic acids is 4. The van der Waals surface area contributed by atoms with Gasteiger partial charge in [0.15, 0.2) is 18.1 Å². The first kappa shape index (κ1) is 57.3. The third-order valence-electron chi connectivity index (χ3n) is 14.9. The van der Waals surface area contributed by atoms with E-state index >= 15 is 4.79 Å². The van der Waals surface area contributed by atoms with Crippen molar-refractivity contribution in [3.63, 3.8) is 0 Å². The van der Waals surface area contributed by atoms with Crippen molar-refractivity contribution in [2.75, 3.05) is 26.9 Å².